The van der Waals surface area contributed by atoms with E-state index in [0.717, 1.165) is 28.2 Å². The predicted molar refractivity (Wildman–Crippen MR) is 95.2 cm³/mol. The molecule has 5 heteroatoms. The zero-order chi connectivity index (χ0) is 17.2. The minimum absolute atomic E-state index is 0.102. The van der Waals surface area contributed by atoms with Crippen LogP contribution in [0.1, 0.15) is 22.6 Å². The standard InChI is InChI=1S/C20H16N4O/c1-25-15-9-7-14(8-10-15)19-16(11-21)18(13-5-3-2-4-6-13)17-12-22-24-20(17)23-19/h2-10,12,16,18H,1H3,(H,22,24). The molecule has 0 bridgehead atoms. The summed E-state index contributed by atoms with van der Waals surface area (Å²) in [4.78, 5) is 4.69. The summed E-state index contributed by atoms with van der Waals surface area (Å²) in [7, 11) is 1.63. The SMILES string of the molecule is COc1ccc(C2=Nc3[nH]ncc3C(c3ccccc3)C2C#N)cc1. The van der Waals surface area contributed by atoms with Gasteiger partial charge >= 0.3 is 0 Å². The summed E-state index contributed by atoms with van der Waals surface area (Å²) in [5.74, 6) is 0.997. The number of nitriles is 1. The lowest BCUT2D eigenvalue weighted by Crippen LogP contribution is -2.25. The Bertz CT molecular complexity index is 951. The average molecular weight is 328 g/mol. The second-order valence-electron chi connectivity index (χ2n) is 5.89. The molecule has 5 nitrogen and oxygen atoms in total. The first-order valence-corrected chi connectivity index (χ1v) is 8.02. The van der Waals surface area contributed by atoms with Gasteiger partial charge in [0.05, 0.1) is 25.1 Å². The van der Waals surface area contributed by atoms with Crippen LogP contribution in [0.25, 0.3) is 0 Å². The molecule has 0 fully saturated rings. The van der Waals surface area contributed by atoms with E-state index in [0.29, 0.717) is 5.82 Å². The Labute approximate surface area is 145 Å². The molecule has 1 N–H and O–H groups in total. The summed E-state index contributed by atoms with van der Waals surface area (Å²) in [5.41, 5.74) is 3.69. The minimum atomic E-state index is -0.388. The van der Waals surface area contributed by atoms with Gasteiger partial charge in [-0.15, -0.1) is 0 Å². The van der Waals surface area contributed by atoms with E-state index >= 15 is 0 Å². The molecule has 3 aromatic rings. The van der Waals surface area contributed by atoms with E-state index in [4.69, 9.17) is 9.73 Å². The van der Waals surface area contributed by atoms with Crippen LogP contribution in [0.3, 0.4) is 0 Å². The Morgan fingerprint density at radius 2 is 1.84 bits per heavy atom. The van der Waals surface area contributed by atoms with Gasteiger partial charge in [0.15, 0.2) is 5.82 Å². The third-order valence-electron chi connectivity index (χ3n) is 4.53. The molecule has 0 saturated heterocycles. The fourth-order valence-electron chi connectivity index (χ4n) is 3.31. The largest absolute Gasteiger partial charge is 0.497 e. The van der Waals surface area contributed by atoms with Crippen LogP contribution in [0, 0.1) is 17.2 Å². The van der Waals surface area contributed by atoms with Crippen molar-refractivity contribution >= 4 is 11.5 Å². The van der Waals surface area contributed by atoms with Gasteiger partial charge in [0.1, 0.15) is 11.7 Å². The molecule has 122 valence electrons. The summed E-state index contributed by atoms with van der Waals surface area (Å²) in [6.07, 6.45) is 1.77. The van der Waals surface area contributed by atoms with Gasteiger partial charge in [-0.05, 0) is 35.4 Å². The number of methoxy groups -OCH3 is 1. The lowest BCUT2D eigenvalue weighted by atomic mass is 9.76. The first-order valence-electron chi connectivity index (χ1n) is 8.02. The number of rotatable bonds is 3. The number of benzene rings is 2. The Hall–Kier alpha value is -3.39. The molecule has 0 aliphatic carbocycles. The van der Waals surface area contributed by atoms with Gasteiger partial charge in [-0.2, -0.15) is 10.4 Å². The summed E-state index contributed by atoms with van der Waals surface area (Å²) in [5, 5.41) is 17.0. The second kappa shape index (κ2) is 6.25. The molecule has 1 aliphatic rings. The average Bonchev–Trinajstić information content (AvgIpc) is 3.15. The van der Waals surface area contributed by atoms with Crippen LogP contribution in [0.4, 0.5) is 5.82 Å². The Morgan fingerprint density at radius 3 is 2.52 bits per heavy atom. The van der Waals surface area contributed by atoms with Crippen molar-refractivity contribution < 1.29 is 4.74 Å². The van der Waals surface area contributed by atoms with Crippen molar-refractivity contribution in [3.63, 3.8) is 0 Å². The van der Waals surface area contributed by atoms with Gasteiger partial charge in [0.2, 0.25) is 0 Å². The lowest BCUT2D eigenvalue weighted by Gasteiger charge is -2.27. The van der Waals surface area contributed by atoms with Crippen molar-refractivity contribution in [3.8, 4) is 11.8 Å². The van der Waals surface area contributed by atoms with Gasteiger partial charge in [-0.1, -0.05) is 30.3 Å². The van der Waals surface area contributed by atoms with Crippen molar-refractivity contribution in [1.29, 1.82) is 5.26 Å². The van der Waals surface area contributed by atoms with Crippen LogP contribution in [-0.2, 0) is 0 Å². The normalized spacial score (nSPS) is 18.8. The van der Waals surface area contributed by atoms with E-state index in [-0.39, 0.29) is 11.8 Å². The predicted octanol–water partition coefficient (Wildman–Crippen LogP) is 3.82. The zero-order valence-corrected chi connectivity index (χ0v) is 13.7. The number of aromatic amines is 1. The fourth-order valence-corrected chi connectivity index (χ4v) is 3.31. The molecule has 2 unspecified atom stereocenters. The molecule has 0 saturated carbocycles. The monoisotopic (exact) mass is 328 g/mol. The summed E-state index contributed by atoms with van der Waals surface area (Å²) in [6, 6.07) is 20.1. The molecule has 2 heterocycles. The van der Waals surface area contributed by atoms with Crippen LogP contribution in [-0.4, -0.2) is 23.0 Å². The number of aromatic nitrogens is 2. The van der Waals surface area contributed by atoms with Crippen LogP contribution in [0.15, 0.2) is 65.8 Å². The Kier molecular flexibility index (Phi) is 3.79. The highest BCUT2D eigenvalue weighted by Gasteiger charge is 2.36. The van der Waals surface area contributed by atoms with Gasteiger partial charge in [-0.25, -0.2) is 4.99 Å². The molecule has 4 rings (SSSR count). The summed E-state index contributed by atoms with van der Waals surface area (Å²) < 4.78 is 5.22. The first kappa shape index (κ1) is 15.2. The molecule has 2 atom stereocenters. The Balaban J connectivity index is 1.86. The molecular formula is C20H16N4O. The molecule has 1 aromatic heterocycles. The zero-order valence-electron chi connectivity index (χ0n) is 13.7. The maximum absolute atomic E-state index is 9.93. The van der Waals surface area contributed by atoms with Crippen molar-refractivity contribution in [2.45, 2.75) is 5.92 Å². The van der Waals surface area contributed by atoms with E-state index in [1.807, 2.05) is 54.6 Å². The number of hydrogen-bond acceptors (Lipinski definition) is 4. The topological polar surface area (TPSA) is 74.1 Å². The van der Waals surface area contributed by atoms with Crippen LogP contribution >= 0.6 is 0 Å². The van der Waals surface area contributed by atoms with Crippen LogP contribution in [0.2, 0.25) is 0 Å². The van der Waals surface area contributed by atoms with Crippen molar-refractivity contribution in [3.05, 3.63) is 77.5 Å². The molecule has 25 heavy (non-hydrogen) atoms. The number of nitrogens with zero attached hydrogens (tertiary/aromatic N) is 3. The maximum Gasteiger partial charge on any atom is 0.152 e. The molecular weight excluding hydrogens is 312 g/mol. The quantitative estimate of drug-likeness (QED) is 0.794. The second-order valence-corrected chi connectivity index (χ2v) is 5.89. The summed E-state index contributed by atoms with van der Waals surface area (Å²) >= 11 is 0. The third kappa shape index (κ3) is 2.58. The van der Waals surface area contributed by atoms with Crippen molar-refractivity contribution in [2.24, 2.45) is 10.9 Å². The molecule has 1 aliphatic heterocycles. The Morgan fingerprint density at radius 1 is 1.08 bits per heavy atom. The van der Waals surface area contributed by atoms with Gasteiger partial charge in [0.25, 0.3) is 0 Å². The van der Waals surface area contributed by atoms with E-state index in [1.165, 1.54) is 0 Å². The van der Waals surface area contributed by atoms with E-state index < -0.39 is 0 Å². The fraction of sp³-hybridized carbons (Fsp3) is 0.150. The molecule has 0 radical (unpaired) electrons. The van der Waals surface area contributed by atoms with Crippen molar-refractivity contribution in [2.75, 3.05) is 7.11 Å². The lowest BCUT2D eigenvalue weighted by molar-refractivity contribution is 0.415. The highest BCUT2D eigenvalue weighted by Crippen LogP contribution is 2.42. The first-order chi connectivity index (χ1) is 12.3. The number of ether oxygens (including phenoxy) is 1. The maximum atomic E-state index is 9.93. The van der Waals surface area contributed by atoms with E-state index in [1.54, 1.807) is 13.3 Å². The number of hydrogen-bond donors (Lipinski definition) is 1. The number of fused-ring (bicyclic) bond motifs is 1. The van der Waals surface area contributed by atoms with Crippen molar-refractivity contribution in [1.82, 2.24) is 10.2 Å². The minimum Gasteiger partial charge on any atom is -0.497 e. The molecule has 0 amide bonds. The third-order valence-corrected chi connectivity index (χ3v) is 4.53. The van der Waals surface area contributed by atoms with E-state index in [2.05, 4.69) is 16.3 Å². The van der Waals surface area contributed by atoms with Crippen LogP contribution in [0.5, 0.6) is 5.75 Å². The number of nitrogens with one attached hydrogen (secondary N) is 1. The summed E-state index contributed by atoms with van der Waals surface area (Å²) in [6.45, 7) is 0. The molecule has 2 aromatic carbocycles. The van der Waals surface area contributed by atoms with Gasteiger partial charge < -0.3 is 4.74 Å². The molecule has 0 spiro atoms. The van der Waals surface area contributed by atoms with E-state index in [9.17, 15) is 5.26 Å². The number of H-pyrrole nitrogens is 1. The van der Waals surface area contributed by atoms with Gasteiger partial charge in [0, 0.05) is 11.5 Å². The highest BCUT2D eigenvalue weighted by atomic mass is 16.5. The smallest absolute Gasteiger partial charge is 0.152 e. The van der Waals surface area contributed by atoms with Crippen LogP contribution < -0.4 is 4.74 Å². The highest BCUT2D eigenvalue weighted by molar-refractivity contribution is 6.07. The number of aliphatic imine (C=N–C) groups is 1. The van der Waals surface area contributed by atoms with Gasteiger partial charge in [-0.3, -0.25) is 5.10 Å².